The first-order valence-electron chi connectivity index (χ1n) is 9.39. The number of aromatic nitrogens is 5. The summed E-state index contributed by atoms with van der Waals surface area (Å²) in [6.07, 6.45) is 0. The van der Waals surface area contributed by atoms with Crippen LogP contribution in [0, 0.1) is 18.3 Å². The zero-order chi connectivity index (χ0) is 21.3. The van der Waals surface area contributed by atoms with E-state index in [2.05, 4.69) is 26.2 Å². The standard InChI is InChI=1S/C22H20N6OS/c1-13-8-10-15(11-9-13)21-26-27-22(28(21)3)30-14(2)19(29)16(12-23)20-24-17-6-4-5-7-18(17)25-20/h4-11,14,29H,1-3H3,(H,24,25)/b19-16-. The average Bonchev–Trinajstić information content (AvgIpc) is 3.33. The van der Waals surface area contributed by atoms with Crippen LogP contribution >= 0.6 is 11.8 Å². The van der Waals surface area contributed by atoms with Gasteiger partial charge in [-0.1, -0.05) is 53.7 Å². The van der Waals surface area contributed by atoms with Crippen molar-refractivity contribution in [3.8, 4) is 17.5 Å². The van der Waals surface area contributed by atoms with Gasteiger partial charge < -0.3 is 14.7 Å². The van der Waals surface area contributed by atoms with Gasteiger partial charge in [0.2, 0.25) is 0 Å². The molecule has 1 atom stereocenters. The van der Waals surface area contributed by atoms with Crippen molar-refractivity contribution >= 4 is 28.4 Å². The number of aryl methyl sites for hydroxylation is 1. The number of rotatable bonds is 5. The molecule has 0 aliphatic rings. The number of benzene rings is 2. The first-order chi connectivity index (χ1) is 14.5. The van der Waals surface area contributed by atoms with Gasteiger partial charge in [-0.05, 0) is 26.0 Å². The van der Waals surface area contributed by atoms with Crippen molar-refractivity contribution in [2.45, 2.75) is 24.3 Å². The maximum atomic E-state index is 10.8. The lowest BCUT2D eigenvalue weighted by Crippen LogP contribution is -2.06. The Bertz CT molecular complexity index is 1250. The zero-order valence-electron chi connectivity index (χ0n) is 16.8. The number of thioether (sulfide) groups is 1. The normalized spacial score (nSPS) is 13.1. The van der Waals surface area contributed by atoms with Crippen LogP contribution in [0.5, 0.6) is 0 Å². The number of fused-ring (bicyclic) bond motifs is 1. The number of hydrogen-bond acceptors (Lipinski definition) is 6. The average molecular weight is 417 g/mol. The van der Waals surface area contributed by atoms with Crippen LogP contribution in [0.15, 0.2) is 59.4 Å². The summed E-state index contributed by atoms with van der Waals surface area (Å²) in [5.41, 5.74) is 3.81. The van der Waals surface area contributed by atoms with Gasteiger partial charge >= 0.3 is 0 Å². The first-order valence-corrected chi connectivity index (χ1v) is 10.3. The summed E-state index contributed by atoms with van der Waals surface area (Å²) in [6.45, 7) is 3.85. The van der Waals surface area contributed by atoms with Crippen LogP contribution in [0.25, 0.3) is 28.0 Å². The Balaban J connectivity index is 1.61. The van der Waals surface area contributed by atoms with E-state index < -0.39 is 5.25 Å². The van der Waals surface area contributed by atoms with Crippen molar-refractivity contribution in [1.82, 2.24) is 24.7 Å². The fraction of sp³-hybridized carbons (Fsp3) is 0.182. The number of hydrogen-bond donors (Lipinski definition) is 2. The third-order valence-electron chi connectivity index (χ3n) is 4.81. The number of para-hydroxylation sites is 2. The Kier molecular flexibility index (Phi) is 5.29. The largest absolute Gasteiger partial charge is 0.510 e. The highest BCUT2D eigenvalue weighted by Crippen LogP contribution is 2.31. The van der Waals surface area contributed by atoms with Crippen LogP contribution in [0.1, 0.15) is 18.3 Å². The molecule has 30 heavy (non-hydrogen) atoms. The molecule has 2 aromatic carbocycles. The molecule has 0 bridgehead atoms. The molecule has 0 fully saturated rings. The summed E-state index contributed by atoms with van der Waals surface area (Å²) in [7, 11) is 1.88. The second-order valence-electron chi connectivity index (χ2n) is 6.97. The molecule has 4 aromatic rings. The predicted molar refractivity (Wildman–Crippen MR) is 118 cm³/mol. The Hall–Kier alpha value is -3.57. The summed E-state index contributed by atoms with van der Waals surface area (Å²) >= 11 is 1.33. The summed E-state index contributed by atoms with van der Waals surface area (Å²) in [5.74, 6) is 1.04. The summed E-state index contributed by atoms with van der Waals surface area (Å²) in [4.78, 5) is 7.52. The number of nitrogens with one attached hydrogen (secondary N) is 1. The number of aromatic amines is 1. The monoisotopic (exact) mass is 416 g/mol. The van der Waals surface area contributed by atoms with Gasteiger partial charge in [-0.25, -0.2) is 4.98 Å². The third kappa shape index (κ3) is 3.67. The van der Waals surface area contributed by atoms with Gasteiger partial charge in [0.1, 0.15) is 17.4 Å². The smallest absolute Gasteiger partial charge is 0.191 e. The molecular formula is C22H20N6OS. The Morgan fingerprint density at radius 2 is 1.90 bits per heavy atom. The van der Waals surface area contributed by atoms with Gasteiger partial charge in [0.05, 0.1) is 16.3 Å². The highest BCUT2D eigenvalue weighted by Gasteiger charge is 2.22. The molecule has 150 valence electrons. The molecule has 0 saturated carbocycles. The SMILES string of the molecule is Cc1ccc(-c2nnc(SC(C)/C(O)=C(\C#N)c3nc4ccccc4[nH]3)n2C)cc1. The van der Waals surface area contributed by atoms with Gasteiger partial charge in [-0.3, -0.25) is 0 Å². The molecule has 0 saturated heterocycles. The first kappa shape index (κ1) is 19.7. The predicted octanol–water partition coefficient (Wildman–Crippen LogP) is 4.64. The lowest BCUT2D eigenvalue weighted by atomic mass is 10.1. The van der Waals surface area contributed by atoms with Crippen LogP contribution < -0.4 is 0 Å². The van der Waals surface area contributed by atoms with E-state index in [0.717, 1.165) is 22.4 Å². The third-order valence-corrected chi connectivity index (χ3v) is 5.95. The van der Waals surface area contributed by atoms with Crippen LogP contribution in [0.2, 0.25) is 0 Å². The molecule has 2 N–H and O–H groups in total. The second kappa shape index (κ2) is 8.05. The minimum atomic E-state index is -0.415. The number of aliphatic hydroxyl groups excluding tert-OH is 1. The fourth-order valence-electron chi connectivity index (χ4n) is 3.09. The topological polar surface area (TPSA) is 103 Å². The molecule has 0 aliphatic heterocycles. The van der Waals surface area contributed by atoms with Crippen molar-refractivity contribution in [2.75, 3.05) is 0 Å². The quantitative estimate of drug-likeness (QED) is 0.279. The molecular weight excluding hydrogens is 396 g/mol. The Labute approximate surface area is 178 Å². The molecule has 7 nitrogen and oxygen atoms in total. The number of aliphatic hydroxyl groups is 1. The van der Waals surface area contributed by atoms with E-state index in [0.29, 0.717) is 11.0 Å². The highest BCUT2D eigenvalue weighted by molar-refractivity contribution is 7.99. The molecule has 0 amide bonds. The molecule has 0 radical (unpaired) electrons. The van der Waals surface area contributed by atoms with E-state index in [1.807, 2.05) is 74.0 Å². The number of allylic oxidation sites excluding steroid dienone is 1. The lowest BCUT2D eigenvalue weighted by molar-refractivity contribution is 0.401. The van der Waals surface area contributed by atoms with Gasteiger partial charge in [-0.2, -0.15) is 5.26 Å². The fourth-order valence-corrected chi connectivity index (χ4v) is 3.97. The highest BCUT2D eigenvalue weighted by atomic mass is 32.2. The molecule has 2 heterocycles. The van der Waals surface area contributed by atoms with Crippen molar-refractivity contribution in [1.29, 1.82) is 5.26 Å². The van der Waals surface area contributed by atoms with Crippen molar-refractivity contribution < 1.29 is 5.11 Å². The van der Waals surface area contributed by atoms with E-state index in [1.54, 1.807) is 0 Å². The number of nitriles is 1. The maximum absolute atomic E-state index is 10.8. The molecule has 4 rings (SSSR count). The van der Waals surface area contributed by atoms with Crippen LogP contribution in [-0.2, 0) is 7.05 Å². The Morgan fingerprint density at radius 1 is 1.17 bits per heavy atom. The second-order valence-corrected chi connectivity index (χ2v) is 8.27. The maximum Gasteiger partial charge on any atom is 0.191 e. The minimum Gasteiger partial charge on any atom is -0.510 e. The molecule has 0 aliphatic carbocycles. The van der Waals surface area contributed by atoms with E-state index in [4.69, 9.17) is 0 Å². The van der Waals surface area contributed by atoms with Crippen LogP contribution in [-0.4, -0.2) is 35.1 Å². The summed E-state index contributed by atoms with van der Waals surface area (Å²) in [6, 6.07) is 17.6. The van der Waals surface area contributed by atoms with E-state index in [1.165, 1.54) is 17.3 Å². The van der Waals surface area contributed by atoms with E-state index >= 15 is 0 Å². The zero-order valence-corrected chi connectivity index (χ0v) is 17.6. The van der Waals surface area contributed by atoms with Crippen molar-refractivity contribution in [3.63, 3.8) is 0 Å². The molecule has 2 aromatic heterocycles. The number of nitrogens with zero attached hydrogens (tertiary/aromatic N) is 5. The molecule has 0 spiro atoms. The van der Waals surface area contributed by atoms with Crippen molar-refractivity contribution in [3.05, 3.63) is 65.7 Å². The minimum absolute atomic E-state index is 0.0542. The summed E-state index contributed by atoms with van der Waals surface area (Å²) < 4.78 is 1.88. The summed E-state index contributed by atoms with van der Waals surface area (Å²) in [5, 5.41) is 29.2. The van der Waals surface area contributed by atoms with Crippen LogP contribution in [0.3, 0.4) is 0 Å². The molecule has 1 unspecified atom stereocenters. The van der Waals surface area contributed by atoms with E-state index in [-0.39, 0.29) is 11.3 Å². The van der Waals surface area contributed by atoms with E-state index in [9.17, 15) is 10.4 Å². The molecule has 8 heteroatoms. The Morgan fingerprint density at radius 3 is 2.60 bits per heavy atom. The number of imidazole rings is 1. The van der Waals surface area contributed by atoms with Gasteiger partial charge in [0.15, 0.2) is 16.8 Å². The van der Waals surface area contributed by atoms with Gasteiger partial charge in [-0.15, -0.1) is 10.2 Å². The lowest BCUT2D eigenvalue weighted by Gasteiger charge is -2.11. The van der Waals surface area contributed by atoms with Crippen molar-refractivity contribution in [2.24, 2.45) is 7.05 Å². The van der Waals surface area contributed by atoms with Gasteiger partial charge in [0, 0.05) is 12.6 Å². The van der Waals surface area contributed by atoms with Gasteiger partial charge in [0.25, 0.3) is 0 Å². The number of H-pyrrole nitrogens is 1. The van der Waals surface area contributed by atoms with Crippen LogP contribution in [0.4, 0.5) is 0 Å².